The van der Waals surface area contributed by atoms with Crippen molar-refractivity contribution in [2.45, 2.75) is 39.3 Å². The van der Waals surface area contributed by atoms with E-state index in [4.69, 9.17) is 0 Å². The van der Waals surface area contributed by atoms with E-state index >= 15 is 0 Å². The van der Waals surface area contributed by atoms with Crippen molar-refractivity contribution in [3.63, 3.8) is 0 Å². The lowest BCUT2D eigenvalue weighted by Gasteiger charge is -2.05. The van der Waals surface area contributed by atoms with Gasteiger partial charge in [-0.25, -0.2) is 4.98 Å². The van der Waals surface area contributed by atoms with Gasteiger partial charge in [0.25, 0.3) is 0 Å². The molecule has 0 bridgehead atoms. The summed E-state index contributed by atoms with van der Waals surface area (Å²) in [5.74, 6) is 6.45. The second-order valence-corrected chi connectivity index (χ2v) is 15.9. The van der Waals surface area contributed by atoms with Crippen molar-refractivity contribution < 1.29 is 0 Å². The fraction of sp³-hybridized carbons (Fsp3) is 0.400. The van der Waals surface area contributed by atoms with Crippen LogP contribution < -0.4 is 0 Å². The van der Waals surface area contributed by atoms with Gasteiger partial charge in [0.05, 0.1) is 5.56 Å². The predicted molar refractivity (Wildman–Crippen MR) is 84.7 cm³/mol. The maximum absolute atomic E-state index is 4.34. The van der Waals surface area contributed by atoms with Gasteiger partial charge in [-0.3, -0.25) is 0 Å². The summed E-state index contributed by atoms with van der Waals surface area (Å²) in [7, 11) is -2.71. The van der Waals surface area contributed by atoms with Gasteiger partial charge >= 0.3 is 0 Å². The lowest BCUT2D eigenvalue weighted by molar-refractivity contribution is 1.27. The van der Waals surface area contributed by atoms with Gasteiger partial charge in [-0.1, -0.05) is 51.1 Å². The van der Waals surface area contributed by atoms with E-state index in [0.29, 0.717) is 0 Å². The minimum absolute atomic E-state index is 0.825. The first-order valence-electron chi connectivity index (χ1n) is 6.19. The number of pyridine rings is 1. The van der Waals surface area contributed by atoms with Crippen LogP contribution in [0.5, 0.6) is 0 Å². The van der Waals surface area contributed by atoms with E-state index in [1.54, 1.807) is 6.20 Å². The minimum atomic E-state index is -1.36. The molecule has 0 aliphatic heterocycles. The molecule has 0 fully saturated rings. The van der Waals surface area contributed by atoms with Crippen LogP contribution in [0.4, 0.5) is 0 Å². The standard InChI is InChI=1S/C15H21NSi2/c1-17(2,3)12-9-14-8-7-11-16-15(14)10-13-18(4,5)6/h7-8,11H,1-6H3. The molecule has 0 saturated heterocycles. The largest absolute Gasteiger partial charge is 0.246 e. The molecule has 0 atom stereocenters. The van der Waals surface area contributed by atoms with Crippen LogP contribution in [0.2, 0.25) is 39.3 Å². The van der Waals surface area contributed by atoms with Crippen molar-refractivity contribution in [2.75, 3.05) is 0 Å². The fourth-order valence-corrected chi connectivity index (χ4v) is 2.11. The Kier molecular flexibility index (Phi) is 4.56. The van der Waals surface area contributed by atoms with Crippen LogP contribution in [0.3, 0.4) is 0 Å². The van der Waals surface area contributed by atoms with Gasteiger partial charge in [0.15, 0.2) is 0 Å². The zero-order valence-corrected chi connectivity index (χ0v) is 14.2. The molecule has 0 aliphatic rings. The third-order valence-corrected chi connectivity index (χ3v) is 3.69. The molecule has 0 aromatic carbocycles. The second-order valence-electron chi connectivity index (χ2n) is 6.40. The molecule has 0 amide bonds. The smallest absolute Gasteiger partial charge is 0.129 e. The Morgan fingerprint density at radius 3 is 2.00 bits per heavy atom. The van der Waals surface area contributed by atoms with Crippen LogP contribution in [0.1, 0.15) is 11.3 Å². The summed E-state index contributed by atoms with van der Waals surface area (Å²) in [4.78, 5) is 4.34. The Bertz CT molecular complexity index is 489. The van der Waals surface area contributed by atoms with Crippen LogP contribution in [0.25, 0.3) is 0 Å². The van der Waals surface area contributed by atoms with Gasteiger partial charge in [-0.05, 0) is 12.1 Å². The summed E-state index contributed by atoms with van der Waals surface area (Å²) in [5, 5.41) is 0. The predicted octanol–water partition coefficient (Wildman–Crippen LogP) is 3.54. The van der Waals surface area contributed by atoms with E-state index < -0.39 is 16.1 Å². The van der Waals surface area contributed by atoms with Crippen LogP contribution >= 0.6 is 0 Å². The summed E-state index contributed by atoms with van der Waals surface area (Å²) in [6, 6.07) is 3.93. The number of hydrogen-bond acceptors (Lipinski definition) is 1. The Morgan fingerprint density at radius 1 is 0.889 bits per heavy atom. The minimum Gasteiger partial charge on any atom is -0.246 e. The van der Waals surface area contributed by atoms with Gasteiger partial charge in [0.2, 0.25) is 0 Å². The van der Waals surface area contributed by atoms with Gasteiger partial charge in [0, 0.05) is 6.20 Å². The summed E-state index contributed by atoms with van der Waals surface area (Å²) in [5.41, 5.74) is 8.50. The highest BCUT2D eigenvalue weighted by atomic mass is 28.3. The van der Waals surface area contributed by atoms with Gasteiger partial charge < -0.3 is 0 Å². The van der Waals surface area contributed by atoms with Crippen molar-refractivity contribution >= 4 is 16.1 Å². The maximum atomic E-state index is 4.34. The fourth-order valence-electron chi connectivity index (χ4n) is 1.11. The number of nitrogens with zero attached hydrogens (tertiary/aromatic N) is 1. The van der Waals surface area contributed by atoms with E-state index in [2.05, 4.69) is 67.2 Å². The summed E-state index contributed by atoms with van der Waals surface area (Å²) in [6.07, 6.45) is 1.79. The number of hydrogen-bond donors (Lipinski definition) is 0. The molecule has 0 radical (unpaired) electrons. The lowest BCUT2D eigenvalue weighted by Crippen LogP contribution is -2.17. The lowest BCUT2D eigenvalue weighted by atomic mass is 10.2. The highest BCUT2D eigenvalue weighted by molar-refractivity contribution is 6.84. The molecule has 3 heteroatoms. The topological polar surface area (TPSA) is 12.9 Å². The molecule has 1 nitrogen and oxygen atoms in total. The highest BCUT2D eigenvalue weighted by Crippen LogP contribution is 2.05. The third kappa shape index (κ3) is 5.86. The normalized spacial score (nSPS) is 11.0. The van der Waals surface area contributed by atoms with E-state index in [-0.39, 0.29) is 0 Å². The summed E-state index contributed by atoms with van der Waals surface area (Å²) >= 11 is 0. The molecule has 1 aromatic heterocycles. The van der Waals surface area contributed by atoms with Gasteiger partial charge in [-0.15, -0.1) is 11.1 Å². The Hall–Kier alpha value is -1.30. The second kappa shape index (κ2) is 5.56. The molecule has 0 spiro atoms. The van der Waals surface area contributed by atoms with Crippen LogP contribution in [0, 0.1) is 22.9 Å². The van der Waals surface area contributed by atoms with Gasteiger partial charge in [-0.2, -0.15) is 0 Å². The average molecular weight is 272 g/mol. The van der Waals surface area contributed by atoms with Crippen LogP contribution in [-0.4, -0.2) is 21.1 Å². The first kappa shape index (κ1) is 14.8. The first-order chi connectivity index (χ1) is 8.17. The zero-order chi connectivity index (χ0) is 13.8. The Balaban J connectivity index is 3.14. The van der Waals surface area contributed by atoms with Crippen molar-refractivity contribution in [2.24, 2.45) is 0 Å². The quantitative estimate of drug-likeness (QED) is 0.519. The van der Waals surface area contributed by atoms with Crippen LogP contribution in [-0.2, 0) is 0 Å². The first-order valence-corrected chi connectivity index (χ1v) is 13.2. The molecular formula is C15H21NSi2. The van der Waals surface area contributed by atoms with Crippen LogP contribution in [0.15, 0.2) is 18.3 Å². The molecule has 0 N–H and O–H groups in total. The molecule has 0 unspecified atom stereocenters. The summed E-state index contributed by atoms with van der Waals surface area (Å²) < 4.78 is 0. The van der Waals surface area contributed by atoms with E-state index in [0.717, 1.165) is 11.3 Å². The van der Waals surface area contributed by atoms with E-state index in [1.807, 2.05) is 12.1 Å². The highest BCUT2D eigenvalue weighted by Gasteiger charge is 2.09. The van der Waals surface area contributed by atoms with Crippen molar-refractivity contribution in [1.82, 2.24) is 4.98 Å². The number of aromatic nitrogens is 1. The molecule has 1 rings (SSSR count). The molecule has 94 valence electrons. The van der Waals surface area contributed by atoms with E-state index in [9.17, 15) is 0 Å². The van der Waals surface area contributed by atoms with Gasteiger partial charge in [0.1, 0.15) is 21.8 Å². The summed E-state index contributed by atoms with van der Waals surface area (Å²) in [6.45, 7) is 13.4. The Morgan fingerprint density at radius 2 is 1.44 bits per heavy atom. The SMILES string of the molecule is C[Si](C)(C)C#Cc1cccnc1C#C[Si](C)(C)C. The Labute approximate surface area is 113 Å². The van der Waals surface area contributed by atoms with Crippen molar-refractivity contribution in [3.05, 3.63) is 29.6 Å². The molecule has 18 heavy (non-hydrogen) atoms. The maximum Gasteiger partial charge on any atom is 0.129 e. The molecular weight excluding hydrogens is 250 g/mol. The number of rotatable bonds is 0. The zero-order valence-electron chi connectivity index (χ0n) is 12.2. The third-order valence-electron chi connectivity index (χ3n) is 1.94. The molecule has 1 aromatic rings. The molecule has 0 saturated carbocycles. The van der Waals surface area contributed by atoms with Crippen molar-refractivity contribution in [1.29, 1.82) is 0 Å². The van der Waals surface area contributed by atoms with Crippen molar-refractivity contribution in [3.8, 4) is 22.9 Å². The monoisotopic (exact) mass is 271 g/mol. The molecule has 0 aliphatic carbocycles. The van der Waals surface area contributed by atoms with E-state index in [1.165, 1.54) is 0 Å². The average Bonchev–Trinajstić information content (AvgIpc) is 2.22. The molecule has 1 heterocycles.